The third kappa shape index (κ3) is 2.05. The first-order valence-corrected chi connectivity index (χ1v) is 5.35. The highest BCUT2D eigenvalue weighted by Crippen LogP contribution is 2.36. The number of hydrogen-bond donors (Lipinski definition) is 1. The lowest BCUT2D eigenvalue weighted by atomic mass is 9.98. The van der Waals surface area contributed by atoms with Gasteiger partial charge in [-0.05, 0) is 19.9 Å². The Kier molecular flexibility index (Phi) is 3.04. The molecule has 98 valence electrons. The van der Waals surface area contributed by atoms with Crippen LogP contribution in [0.2, 0.25) is 0 Å². The molecule has 0 bridgehead atoms. The van der Waals surface area contributed by atoms with Crippen molar-refractivity contribution in [3.63, 3.8) is 0 Å². The molecule has 2 aromatic heterocycles. The first-order chi connectivity index (χ1) is 8.93. The van der Waals surface area contributed by atoms with Gasteiger partial charge in [0.15, 0.2) is 0 Å². The van der Waals surface area contributed by atoms with Crippen LogP contribution in [0.15, 0.2) is 23.0 Å². The highest BCUT2D eigenvalue weighted by Gasteiger charge is 2.29. The van der Waals surface area contributed by atoms with E-state index in [-0.39, 0.29) is 28.2 Å². The number of aromatic nitrogens is 1. The highest BCUT2D eigenvalue weighted by molar-refractivity contribution is 6.00. The summed E-state index contributed by atoms with van der Waals surface area (Å²) in [5.41, 5.74) is 0.271. The summed E-state index contributed by atoms with van der Waals surface area (Å²) in [7, 11) is 0. The molecule has 2 heterocycles. The number of carbonyl (C=O) groups is 1. The minimum Gasteiger partial charge on any atom is -0.478 e. The van der Waals surface area contributed by atoms with Crippen molar-refractivity contribution in [1.82, 2.24) is 4.98 Å². The molecule has 0 aliphatic rings. The van der Waals surface area contributed by atoms with Crippen LogP contribution in [0.5, 0.6) is 0 Å². The Labute approximate surface area is 107 Å². The monoisotopic (exact) mass is 262 g/mol. The number of furan rings is 1. The van der Waals surface area contributed by atoms with Crippen molar-refractivity contribution in [2.45, 2.75) is 13.8 Å². The largest absolute Gasteiger partial charge is 0.478 e. The van der Waals surface area contributed by atoms with E-state index in [2.05, 4.69) is 4.98 Å². The van der Waals surface area contributed by atoms with E-state index in [4.69, 9.17) is 4.42 Å². The average Bonchev–Trinajstić information content (AvgIpc) is 2.79. The van der Waals surface area contributed by atoms with Crippen LogP contribution in [0.25, 0.3) is 11.1 Å². The van der Waals surface area contributed by atoms with E-state index in [9.17, 15) is 20.0 Å². The summed E-state index contributed by atoms with van der Waals surface area (Å²) in [4.78, 5) is 25.8. The Bertz CT molecular complexity index is 623. The maximum atomic E-state index is 11.3. The smallest absolute Gasteiger partial charge is 0.338 e. The molecule has 0 fully saturated rings. The summed E-state index contributed by atoms with van der Waals surface area (Å²) in [5.74, 6) is -1.26. The molecule has 0 spiro atoms. The normalized spacial score (nSPS) is 10.4. The molecule has 0 amide bonds. The van der Waals surface area contributed by atoms with E-state index in [0.717, 1.165) is 0 Å². The molecule has 0 radical (unpaired) electrons. The van der Waals surface area contributed by atoms with Crippen LogP contribution in [0.3, 0.4) is 0 Å². The standard InChI is InChI=1S/C12H10N2O5/c1-6-9(12(15)16)10(8-3-4-19-5-8)11(14(17)18)7(2)13-6/h3-5H,1-2H3,(H,15,16). The summed E-state index contributed by atoms with van der Waals surface area (Å²) in [5, 5.41) is 20.4. The number of pyridine rings is 1. The lowest BCUT2D eigenvalue weighted by Gasteiger charge is -2.09. The Morgan fingerprint density at radius 2 is 2.11 bits per heavy atom. The van der Waals surface area contributed by atoms with E-state index >= 15 is 0 Å². The third-order valence-electron chi connectivity index (χ3n) is 2.73. The molecule has 0 aromatic carbocycles. The predicted molar refractivity (Wildman–Crippen MR) is 65.0 cm³/mol. The van der Waals surface area contributed by atoms with Gasteiger partial charge in [0.2, 0.25) is 0 Å². The molecule has 2 rings (SSSR count). The molecule has 0 saturated heterocycles. The van der Waals surface area contributed by atoms with Crippen molar-refractivity contribution in [3.05, 3.63) is 45.7 Å². The second-order valence-corrected chi connectivity index (χ2v) is 3.96. The zero-order valence-electron chi connectivity index (χ0n) is 10.2. The molecule has 0 aliphatic heterocycles. The molecular weight excluding hydrogens is 252 g/mol. The lowest BCUT2D eigenvalue weighted by molar-refractivity contribution is -0.385. The number of nitrogens with zero attached hydrogens (tertiary/aromatic N) is 2. The third-order valence-corrected chi connectivity index (χ3v) is 2.73. The molecule has 7 heteroatoms. The SMILES string of the molecule is Cc1nc(C)c([N+](=O)[O-])c(-c2ccoc2)c1C(=O)O. The van der Waals surface area contributed by atoms with E-state index in [1.54, 1.807) is 0 Å². The zero-order chi connectivity index (χ0) is 14.2. The average molecular weight is 262 g/mol. The number of nitro groups is 1. The van der Waals surface area contributed by atoms with Gasteiger partial charge in [0.05, 0.1) is 34.3 Å². The summed E-state index contributed by atoms with van der Waals surface area (Å²) in [6.45, 7) is 2.98. The Balaban J connectivity index is 2.93. The van der Waals surface area contributed by atoms with Crippen molar-refractivity contribution in [1.29, 1.82) is 0 Å². The van der Waals surface area contributed by atoms with Gasteiger partial charge in [0.1, 0.15) is 5.69 Å². The van der Waals surface area contributed by atoms with Gasteiger partial charge >= 0.3 is 5.97 Å². The van der Waals surface area contributed by atoms with E-state index in [1.807, 2.05) is 0 Å². The number of rotatable bonds is 3. The second-order valence-electron chi connectivity index (χ2n) is 3.96. The van der Waals surface area contributed by atoms with Crippen molar-refractivity contribution in [2.75, 3.05) is 0 Å². The number of carboxylic acids is 1. The Morgan fingerprint density at radius 3 is 2.58 bits per heavy atom. The fourth-order valence-electron chi connectivity index (χ4n) is 2.01. The molecule has 2 aromatic rings. The van der Waals surface area contributed by atoms with Crippen LogP contribution in [-0.2, 0) is 0 Å². The zero-order valence-corrected chi connectivity index (χ0v) is 10.2. The number of hydrogen-bond acceptors (Lipinski definition) is 5. The van der Waals surface area contributed by atoms with Crippen molar-refractivity contribution in [2.24, 2.45) is 0 Å². The summed E-state index contributed by atoms with van der Waals surface area (Å²) in [6.07, 6.45) is 2.60. The summed E-state index contributed by atoms with van der Waals surface area (Å²) in [6, 6.07) is 1.48. The van der Waals surface area contributed by atoms with Crippen LogP contribution in [0, 0.1) is 24.0 Å². The van der Waals surface area contributed by atoms with E-state index < -0.39 is 10.9 Å². The van der Waals surface area contributed by atoms with Crippen LogP contribution in [0.1, 0.15) is 21.7 Å². The summed E-state index contributed by atoms with van der Waals surface area (Å²) >= 11 is 0. The number of carboxylic acid groups (broad SMARTS) is 1. The quantitative estimate of drug-likeness (QED) is 0.672. The van der Waals surface area contributed by atoms with E-state index in [1.165, 1.54) is 32.4 Å². The molecule has 0 saturated carbocycles. The fraction of sp³-hybridized carbons (Fsp3) is 0.167. The van der Waals surface area contributed by atoms with Gasteiger partial charge in [0, 0.05) is 5.56 Å². The second kappa shape index (κ2) is 4.52. The topological polar surface area (TPSA) is 106 Å². The minimum absolute atomic E-state index is 0.0243. The molecule has 0 atom stereocenters. The highest BCUT2D eigenvalue weighted by atomic mass is 16.6. The first kappa shape index (κ1) is 12.7. The maximum absolute atomic E-state index is 11.3. The van der Waals surface area contributed by atoms with Crippen molar-refractivity contribution >= 4 is 11.7 Å². The van der Waals surface area contributed by atoms with Crippen LogP contribution in [-0.4, -0.2) is 21.0 Å². The van der Waals surface area contributed by atoms with Crippen molar-refractivity contribution in [3.8, 4) is 11.1 Å². The number of aromatic carboxylic acids is 1. The fourth-order valence-corrected chi connectivity index (χ4v) is 2.01. The Morgan fingerprint density at radius 1 is 1.42 bits per heavy atom. The molecule has 19 heavy (non-hydrogen) atoms. The van der Waals surface area contributed by atoms with Gasteiger partial charge in [-0.1, -0.05) is 0 Å². The van der Waals surface area contributed by atoms with E-state index in [0.29, 0.717) is 5.56 Å². The van der Waals surface area contributed by atoms with Crippen LogP contribution >= 0.6 is 0 Å². The predicted octanol–water partition coefficient (Wildman–Crippen LogP) is 2.56. The van der Waals surface area contributed by atoms with Crippen LogP contribution in [0.4, 0.5) is 5.69 Å². The molecule has 7 nitrogen and oxygen atoms in total. The first-order valence-electron chi connectivity index (χ1n) is 5.35. The van der Waals surface area contributed by atoms with Gasteiger partial charge in [-0.3, -0.25) is 15.1 Å². The maximum Gasteiger partial charge on any atom is 0.338 e. The molecule has 0 aliphatic carbocycles. The molecule has 1 N–H and O–H groups in total. The van der Waals surface area contributed by atoms with Gasteiger partial charge in [0.25, 0.3) is 5.69 Å². The van der Waals surface area contributed by atoms with Gasteiger partial charge in [-0.25, -0.2) is 4.79 Å². The number of aryl methyl sites for hydroxylation is 2. The molecule has 0 unspecified atom stereocenters. The van der Waals surface area contributed by atoms with Gasteiger partial charge in [-0.15, -0.1) is 0 Å². The van der Waals surface area contributed by atoms with Crippen LogP contribution < -0.4 is 0 Å². The van der Waals surface area contributed by atoms with Gasteiger partial charge < -0.3 is 9.52 Å². The summed E-state index contributed by atoms with van der Waals surface area (Å²) < 4.78 is 4.88. The van der Waals surface area contributed by atoms with Gasteiger partial charge in [-0.2, -0.15) is 0 Å². The Hall–Kier alpha value is -2.70. The lowest BCUT2D eigenvalue weighted by Crippen LogP contribution is -2.09. The van der Waals surface area contributed by atoms with Crippen molar-refractivity contribution < 1.29 is 19.2 Å². The minimum atomic E-state index is -1.26. The molecular formula is C12H10N2O5.